The third-order valence-electron chi connectivity index (χ3n) is 2.97. The normalized spacial score (nSPS) is 34.2. The summed E-state index contributed by atoms with van der Waals surface area (Å²) in [6, 6.07) is 1.05. The van der Waals surface area contributed by atoms with Gasteiger partial charge < -0.3 is 4.90 Å². The van der Waals surface area contributed by atoms with E-state index in [1.54, 1.807) is 0 Å². The molecule has 3 heteroatoms. The molecule has 2 heterocycles. The fourth-order valence-electron chi connectivity index (χ4n) is 2.25. The molecule has 0 unspecified atom stereocenters. The van der Waals surface area contributed by atoms with E-state index in [-0.39, 0.29) is 5.91 Å². The Labute approximate surface area is 72.6 Å². The summed E-state index contributed by atoms with van der Waals surface area (Å²) in [7, 11) is 2.13. The molecule has 2 fully saturated rings. The van der Waals surface area contributed by atoms with Crippen LogP contribution in [0, 0.1) is 0 Å². The van der Waals surface area contributed by atoms with E-state index in [2.05, 4.69) is 18.5 Å². The minimum absolute atomic E-state index is 0.0931. The fraction of sp³-hybridized carbons (Fsp3) is 0.667. The summed E-state index contributed by atoms with van der Waals surface area (Å²) in [6.07, 6.45) is 2.57. The Hall–Kier alpha value is -0.830. The van der Waals surface area contributed by atoms with Crippen LogP contribution in [0.2, 0.25) is 0 Å². The second-order valence-corrected chi connectivity index (χ2v) is 3.68. The summed E-state index contributed by atoms with van der Waals surface area (Å²) in [5.41, 5.74) is 0. The minimum atomic E-state index is 0.0931. The molecule has 1 amide bonds. The van der Waals surface area contributed by atoms with E-state index in [9.17, 15) is 4.79 Å². The van der Waals surface area contributed by atoms with Gasteiger partial charge >= 0.3 is 0 Å². The number of likely N-dealkylation sites (N-methyl/N-ethyl adjacent to an activating group) is 1. The Kier molecular flexibility index (Phi) is 1.68. The van der Waals surface area contributed by atoms with Crippen molar-refractivity contribution in [2.45, 2.75) is 18.5 Å². The number of fused-ring (bicyclic) bond motifs is 2. The van der Waals surface area contributed by atoms with E-state index in [1.165, 1.54) is 6.08 Å². The van der Waals surface area contributed by atoms with Gasteiger partial charge in [-0.25, -0.2) is 0 Å². The number of piperazine rings is 1. The Balaban J connectivity index is 2.07. The van der Waals surface area contributed by atoms with Crippen LogP contribution in [0.1, 0.15) is 6.42 Å². The molecule has 2 aliphatic heterocycles. The van der Waals surface area contributed by atoms with Crippen LogP contribution in [0.3, 0.4) is 0 Å². The van der Waals surface area contributed by atoms with Crippen molar-refractivity contribution in [2.75, 3.05) is 20.1 Å². The lowest BCUT2D eigenvalue weighted by Gasteiger charge is -2.31. The van der Waals surface area contributed by atoms with Crippen LogP contribution in [0.5, 0.6) is 0 Å². The molecule has 66 valence electrons. The van der Waals surface area contributed by atoms with Gasteiger partial charge in [0.1, 0.15) is 0 Å². The van der Waals surface area contributed by atoms with Crippen molar-refractivity contribution < 1.29 is 4.79 Å². The van der Waals surface area contributed by atoms with Crippen molar-refractivity contribution in [3.63, 3.8) is 0 Å². The molecule has 0 spiro atoms. The number of carbonyl (C=O) groups excluding carboxylic acids is 1. The second kappa shape index (κ2) is 2.59. The predicted molar refractivity (Wildman–Crippen MR) is 46.7 cm³/mol. The number of nitrogens with zero attached hydrogens (tertiary/aromatic N) is 2. The van der Waals surface area contributed by atoms with Gasteiger partial charge in [0.2, 0.25) is 5.91 Å². The molecule has 0 saturated carbocycles. The highest BCUT2D eigenvalue weighted by atomic mass is 16.2. The number of rotatable bonds is 1. The van der Waals surface area contributed by atoms with E-state index in [0.717, 1.165) is 19.5 Å². The lowest BCUT2D eigenvalue weighted by atomic mass is 10.2. The quantitative estimate of drug-likeness (QED) is 0.515. The molecule has 2 bridgehead atoms. The minimum Gasteiger partial charge on any atom is -0.333 e. The first-order valence-corrected chi connectivity index (χ1v) is 4.35. The molecule has 0 aliphatic carbocycles. The van der Waals surface area contributed by atoms with Crippen molar-refractivity contribution >= 4 is 5.91 Å². The molecule has 0 aromatic rings. The van der Waals surface area contributed by atoms with Gasteiger partial charge in [-0.15, -0.1) is 0 Å². The summed E-state index contributed by atoms with van der Waals surface area (Å²) in [5.74, 6) is 0.0931. The molecule has 0 aromatic carbocycles. The summed E-state index contributed by atoms with van der Waals surface area (Å²) in [4.78, 5) is 15.6. The molecule has 0 N–H and O–H groups in total. The van der Waals surface area contributed by atoms with Gasteiger partial charge in [0, 0.05) is 25.2 Å². The third-order valence-corrected chi connectivity index (χ3v) is 2.97. The standard InChI is InChI=1S/C9H14N2O/c1-3-9(12)11-6-7-4-8(11)5-10(7)2/h3,7-8H,1,4-6H2,2H3/t7-,8-/m0/s1. The summed E-state index contributed by atoms with van der Waals surface area (Å²) in [6.45, 7) is 5.43. The van der Waals surface area contributed by atoms with Gasteiger partial charge in [0.05, 0.1) is 0 Å². The van der Waals surface area contributed by atoms with E-state index in [0.29, 0.717) is 12.1 Å². The van der Waals surface area contributed by atoms with Crippen LogP contribution in [-0.4, -0.2) is 47.9 Å². The Morgan fingerprint density at radius 2 is 2.25 bits per heavy atom. The monoisotopic (exact) mass is 166 g/mol. The van der Waals surface area contributed by atoms with E-state index >= 15 is 0 Å². The first-order chi connectivity index (χ1) is 5.72. The zero-order chi connectivity index (χ0) is 8.72. The number of hydrogen-bond acceptors (Lipinski definition) is 2. The number of hydrogen-bond donors (Lipinski definition) is 0. The van der Waals surface area contributed by atoms with Crippen LogP contribution in [0.25, 0.3) is 0 Å². The predicted octanol–water partition coefficient (Wildman–Crippen LogP) is 0.0873. The van der Waals surface area contributed by atoms with Crippen molar-refractivity contribution in [1.29, 1.82) is 0 Å². The molecule has 2 saturated heterocycles. The Morgan fingerprint density at radius 1 is 1.50 bits per heavy atom. The zero-order valence-electron chi connectivity index (χ0n) is 7.36. The molecule has 12 heavy (non-hydrogen) atoms. The number of amides is 1. The molecular weight excluding hydrogens is 152 g/mol. The van der Waals surface area contributed by atoms with Gasteiger partial charge in [0.15, 0.2) is 0 Å². The maximum absolute atomic E-state index is 11.3. The lowest BCUT2D eigenvalue weighted by Crippen LogP contribution is -2.46. The van der Waals surface area contributed by atoms with Gasteiger partial charge in [-0.05, 0) is 19.5 Å². The first kappa shape index (κ1) is 7.80. The van der Waals surface area contributed by atoms with Crippen LogP contribution in [-0.2, 0) is 4.79 Å². The van der Waals surface area contributed by atoms with Crippen molar-refractivity contribution in [1.82, 2.24) is 9.80 Å². The average molecular weight is 166 g/mol. The fourth-order valence-corrected chi connectivity index (χ4v) is 2.25. The highest BCUT2D eigenvalue weighted by Crippen LogP contribution is 2.29. The van der Waals surface area contributed by atoms with Crippen LogP contribution in [0.4, 0.5) is 0 Å². The van der Waals surface area contributed by atoms with E-state index in [4.69, 9.17) is 0 Å². The smallest absolute Gasteiger partial charge is 0.246 e. The van der Waals surface area contributed by atoms with Crippen molar-refractivity contribution in [2.24, 2.45) is 0 Å². The molecule has 3 nitrogen and oxygen atoms in total. The van der Waals surface area contributed by atoms with E-state index in [1.807, 2.05) is 4.90 Å². The second-order valence-electron chi connectivity index (χ2n) is 3.68. The SMILES string of the molecule is C=CC(=O)N1C[C@@H]2C[C@H]1CN2C. The molecular formula is C9H14N2O. The van der Waals surface area contributed by atoms with E-state index < -0.39 is 0 Å². The van der Waals surface area contributed by atoms with Crippen LogP contribution >= 0.6 is 0 Å². The zero-order valence-corrected chi connectivity index (χ0v) is 7.36. The maximum Gasteiger partial charge on any atom is 0.246 e. The highest BCUT2D eigenvalue weighted by Gasteiger charge is 2.42. The number of carbonyl (C=O) groups is 1. The van der Waals surface area contributed by atoms with Crippen molar-refractivity contribution in [3.8, 4) is 0 Å². The summed E-state index contributed by atoms with van der Waals surface area (Å²) < 4.78 is 0. The summed E-state index contributed by atoms with van der Waals surface area (Å²) >= 11 is 0. The maximum atomic E-state index is 11.3. The van der Waals surface area contributed by atoms with Gasteiger partial charge in [-0.1, -0.05) is 6.58 Å². The average Bonchev–Trinajstić information content (AvgIpc) is 2.60. The van der Waals surface area contributed by atoms with Crippen molar-refractivity contribution in [3.05, 3.63) is 12.7 Å². The number of likely N-dealkylation sites (tertiary alicyclic amines) is 2. The molecule has 2 atom stereocenters. The molecule has 2 aliphatic rings. The summed E-state index contributed by atoms with van der Waals surface area (Å²) in [5, 5.41) is 0. The van der Waals surface area contributed by atoms with Gasteiger partial charge in [-0.3, -0.25) is 9.69 Å². The first-order valence-electron chi connectivity index (χ1n) is 4.35. The lowest BCUT2D eigenvalue weighted by molar-refractivity contribution is -0.128. The third kappa shape index (κ3) is 0.966. The topological polar surface area (TPSA) is 23.6 Å². The Bertz CT molecular complexity index is 225. The van der Waals surface area contributed by atoms with Gasteiger partial charge in [-0.2, -0.15) is 0 Å². The van der Waals surface area contributed by atoms with Crippen LogP contribution in [0.15, 0.2) is 12.7 Å². The van der Waals surface area contributed by atoms with Gasteiger partial charge in [0.25, 0.3) is 0 Å². The highest BCUT2D eigenvalue weighted by molar-refractivity contribution is 5.87. The molecule has 0 aromatic heterocycles. The van der Waals surface area contributed by atoms with Crippen LogP contribution < -0.4 is 0 Å². The molecule has 0 radical (unpaired) electrons. The molecule has 2 rings (SSSR count). The Morgan fingerprint density at radius 3 is 2.67 bits per heavy atom. The largest absolute Gasteiger partial charge is 0.333 e.